The standard InChI is InChI=1S/C32H39F3N8O2S/c1-3-4-8-42(9-7-36)30-21-14-39-26(19-12-22(33)24(34)28-23(19)20(13-37)29(38)46-28)25(35)27(21)40-31(41-30)45-17-32(5-6-32)16-43-10-11-44-15-18(43)2/h12,14,18,23,28H,3-11,15-17,36,38H2,1-2H3/t18-,23?,28?/m0/s1. The number of morpholine rings is 1. The quantitative estimate of drug-likeness (QED) is 0.332. The van der Waals surface area contributed by atoms with Crippen molar-refractivity contribution in [2.45, 2.75) is 50.8 Å². The molecule has 2 unspecified atom stereocenters. The third-order valence-electron chi connectivity index (χ3n) is 9.25. The molecule has 10 nitrogen and oxygen atoms in total. The van der Waals surface area contributed by atoms with E-state index >= 15 is 4.39 Å². The lowest BCUT2D eigenvalue weighted by Crippen LogP contribution is -2.47. The summed E-state index contributed by atoms with van der Waals surface area (Å²) in [5.41, 5.74) is 11.7. The highest BCUT2D eigenvalue weighted by molar-refractivity contribution is 8.04. The molecule has 2 aliphatic carbocycles. The number of nitriles is 1. The molecule has 46 heavy (non-hydrogen) atoms. The number of nitrogens with two attached hydrogens (primary N) is 2. The number of allylic oxidation sites excluding steroid dienone is 4. The number of halogens is 3. The van der Waals surface area contributed by atoms with Crippen molar-refractivity contribution in [3.8, 4) is 12.1 Å². The number of hydrogen-bond donors (Lipinski definition) is 2. The van der Waals surface area contributed by atoms with Gasteiger partial charge >= 0.3 is 6.01 Å². The van der Waals surface area contributed by atoms with E-state index in [0.29, 0.717) is 56.7 Å². The van der Waals surface area contributed by atoms with Crippen molar-refractivity contribution in [1.29, 1.82) is 5.26 Å². The zero-order valence-electron chi connectivity index (χ0n) is 26.1. The number of aromatic nitrogens is 3. The molecule has 6 rings (SSSR count). The van der Waals surface area contributed by atoms with Crippen LogP contribution in [0.15, 0.2) is 34.5 Å². The Morgan fingerprint density at radius 3 is 2.76 bits per heavy atom. The first-order valence-corrected chi connectivity index (χ1v) is 16.7. The Morgan fingerprint density at radius 2 is 2.07 bits per heavy atom. The number of ether oxygens (including phenoxy) is 2. The second-order valence-electron chi connectivity index (χ2n) is 12.5. The third-order valence-corrected chi connectivity index (χ3v) is 10.5. The molecule has 0 bridgehead atoms. The maximum Gasteiger partial charge on any atom is 0.319 e. The van der Waals surface area contributed by atoms with Gasteiger partial charge in [-0.25, -0.2) is 13.2 Å². The number of fused-ring (bicyclic) bond motifs is 2. The summed E-state index contributed by atoms with van der Waals surface area (Å²) in [7, 11) is 0. The molecule has 0 spiro atoms. The number of hydrogen-bond acceptors (Lipinski definition) is 11. The third kappa shape index (κ3) is 6.17. The summed E-state index contributed by atoms with van der Waals surface area (Å²) in [4.78, 5) is 18.1. The van der Waals surface area contributed by atoms with Crippen molar-refractivity contribution in [2.24, 2.45) is 22.8 Å². The van der Waals surface area contributed by atoms with Crippen molar-refractivity contribution in [2.75, 3.05) is 57.4 Å². The summed E-state index contributed by atoms with van der Waals surface area (Å²) >= 11 is 0.847. The van der Waals surface area contributed by atoms with Crippen LogP contribution in [0.25, 0.3) is 16.5 Å². The van der Waals surface area contributed by atoms with Gasteiger partial charge in [-0.2, -0.15) is 15.2 Å². The van der Waals surface area contributed by atoms with Crippen LogP contribution in [-0.4, -0.2) is 83.7 Å². The molecule has 0 radical (unpaired) electrons. The van der Waals surface area contributed by atoms with Crippen LogP contribution in [0.4, 0.5) is 19.0 Å². The molecule has 2 aromatic rings. The van der Waals surface area contributed by atoms with E-state index in [-0.39, 0.29) is 38.8 Å². The largest absolute Gasteiger partial charge is 0.463 e. The Kier molecular flexibility index (Phi) is 9.48. The lowest BCUT2D eigenvalue weighted by Gasteiger charge is -2.35. The van der Waals surface area contributed by atoms with Gasteiger partial charge in [0.25, 0.3) is 0 Å². The monoisotopic (exact) mass is 656 g/mol. The summed E-state index contributed by atoms with van der Waals surface area (Å²) in [6.07, 6.45) is 6.11. The van der Waals surface area contributed by atoms with Crippen LogP contribution >= 0.6 is 11.8 Å². The van der Waals surface area contributed by atoms with Crippen LogP contribution in [0.3, 0.4) is 0 Å². The molecule has 2 aliphatic heterocycles. The fraction of sp³-hybridized carbons (Fsp3) is 0.562. The Balaban J connectivity index is 1.40. The lowest BCUT2D eigenvalue weighted by atomic mass is 9.82. The van der Waals surface area contributed by atoms with E-state index in [1.54, 1.807) is 0 Å². The van der Waals surface area contributed by atoms with E-state index in [1.165, 1.54) is 6.20 Å². The van der Waals surface area contributed by atoms with E-state index in [4.69, 9.17) is 25.9 Å². The van der Waals surface area contributed by atoms with E-state index in [2.05, 4.69) is 28.7 Å². The zero-order valence-corrected chi connectivity index (χ0v) is 26.9. The van der Waals surface area contributed by atoms with Gasteiger partial charge in [0.1, 0.15) is 22.9 Å². The topological polar surface area (TPSA) is 139 Å². The minimum atomic E-state index is -1.15. The number of nitrogens with zero attached hydrogens (tertiary/aromatic N) is 6. The van der Waals surface area contributed by atoms with Gasteiger partial charge in [0, 0.05) is 56.3 Å². The molecule has 1 saturated heterocycles. The molecule has 2 aromatic heterocycles. The molecule has 4 heterocycles. The molecule has 1 saturated carbocycles. The highest BCUT2D eigenvalue weighted by atomic mass is 32.2. The molecular formula is C32H39F3N8O2S. The highest BCUT2D eigenvalue weighted by Gasteiger charge is 2.47. The molecule has 4 aliphatic rings. The van der Waals surface area contributed by atoms with Crippen molar-refractivity contribution >= 4 is 34.1 Å². The Hall–Kier alpha value is -3.38. The number of anilines is 1. The molecule has 14 heteroatoms. The fourth-order valence-corrected chi connectivity index (χ4v) is 7.60. The summed E-state index contributed by atoms with van der Waals surface area (Å²) in [6, 6.07) is 2.32. The maximum atomic E-state index is 16.7. The first-order chi connectivity index (χ1) is 22.2. The minimum absolute atomic E-state index is 0.0178. The van der Waals surface area contributed by atoms with Gasteiger partial charge in [-0.15, -0.1) is 0 Å². The van der Waals surface area contributed by atoms with Gasteiger partial charge in [0.05, 0.1) is 47.1 Å². The van der Waals surface area contributed by atoms with E-state index in [0.717, 1.165) is 56.6 Å². The minimum Gasteiger partial charge on any atom is -0.463 e. The molecule has 4 N–H and O–H groups in total. The average molecular weight is 657 g/mol. The predicted octanol–water partition coefficient (Wildman–Crippen LogP) is 4.58. The summed E-state index contributed by atoms with van der Waals surface area (Å²) in [5.74, 6) is -3.59. The van der Waals surface area contributed by atoms with E-state index in [1.807, 2.05) is 11.0 Å². The van der Waals surface area contributed by atoms with Gasteiger partial charge in [-0.3, -0.25) is 9.88 Å². The van der Waals surface area contributed by atoms with Gasteiger partial charge in [-0.1, -0.05) is 25.1 Å². The first-order valence-electron chi connectivity index (χ1n) is 15.8. The Labute approximate surface area is 270 Å². The SMILES string of the molecule is CCCCN(CCN)c1nc(OCC2(CN3CCOC[C@@H]3C)CC2)nc2c(F)c(C3=CC(F)=C(F)C4SC(N)=C(C#N)C34)ncc12. The number of thioether (sulfide) groups is 1. The Morgan fingerprint density at radius 1 is 1.26 bits per heavy atom. The van der Waals surface area contributed by atoms with Gasteiger partial charge in [0.2, 0.25) is 0 Å². The number of rotatable bonds is 12. The zero-order chi connectivity index (χ0) is 32.6. The van der Waals surface area contributed by atoms with Crippen molar-refractivity contribution in [3.63, 3.8) is 0 Å². The smallest absolute Gasteiger partial charge is 0.319 e. The van der Waals surface area contributed by atoms with Gasteiger partial charge in [-0.05, 0) is 37.8 Å². The van der Waals surface area contributed by atoms with Crippen LogP contribution in [0.2, 0.25) is 0 Å². The molecular weight excluding hydrogens is 617 g/mol. The van der Waals surface area contributed by atoms with Crippen LogP contribution < -0.4 is 21.1 Å². The second-order valence-corrected chi connectivity index (χ2v) is 13.7. The van der Waals surface area contributed by atoms with Crippen molar-refractivity contribution < 1.29 is 22.6 Å². The molecule has 3 atom stereocenters. The van der Waals surface area contributed by atoms with Crippen LogP contribution in [0, 0.1) is 28.5 Å². The predicted molar refractivity (Wildman–Crippen MR) is 171 cm³/mol. The normalized spacial score (nSPS) is 24.2. The van der Waals surface area contributed by atoms with Gasteiger partial charge < -0.3 is 25.8 Å². The van der Waals surface area contributed by atoms with Gasteiger partial charge in [0.15, 0.2) is 11.6 Å². The molecule has 2 fully saturated rings. The second kappa shape index (κ2) is 13.4. The number of pyridine rings is 1. The van der Waals surface area contributed by atoms with Crippen LogP contribution in [-0.2, 0) is 4.74 Å². The maximum absolute atomic E-state index is 16.7. The number of unbranched alkanes of at least 4 members (excludes halogenated alkanes) is 1. The summed E-state index contributed by atoms with van der Waals surface area (Å²) < 4.78 is 58.2. The molecule has 246 valence electrons. The first kappa shape index (κ1) is 32.6. The summed E-state index contributed by atoms with van der Waals surface area (Å²) in [6.45, 7) is 9.13. The molecule has 0 amide bonds. The Bertz CT molecular complexity index is 1640. The van der Waals surface area contributed by atoms with Crippen LogP contribution in [0.1, 0.15) is 45.2 Å². The summed E-state index contributed by atoms with van der Waals surface area (Å²) in [5, 5.41) is 9.09. The average Bonchev–Trinajstić information content (AvgIpc) is 3.73. The van der Waals surface area contributed by atoms with Crippen molar-refractivity contribution in [1.82, 2.24) is 19.9 Å². The molecule has 0 aromatic carbocycles. The fourth-order valence-electron chi connectivity index (χ4n) is 6.39. The lowest BCUT2D eigenvalue weighted by molar-refractivity contribution is -0.0134. The van der Waals surface area contributed by atoms with E-state index in [9.17, 15) is 14.0 Å². The van der Waals surface area contributed by atoms with Crippen molar-refractivity contribution in [3.05, 3.63) is 46.0 Å². The highest BCUT2D eigenvalue weighted by Crippen LogP contribution is 2.53. The van der Waals surface area contributed by atoms with E-state index < -0.39 is 28.6 Å². The van der Waals surface area contributed by atoms with Crippen LogP contribution in [0.5, 0.6) is 6.01 Å².